The van der Waals surface area contributed by atoms with Crippen LogP contribution in [0.1, 0.15) is 44.6 Å². The molecular weight excluding hydrogens is 294 g/mol. The number of oxazole rings is 1. The molecule has 8 heteroatoms. The molecule has 0 bridgehead atoms. The van der Waals surface area contributed by atoms with E-state index in [-0.39, 0.29) is 23.9 Å². The normalized spacial score (nSPS) is 10.4. The predicted octanol–water partition coefficient (Wildman–Crippen LogP) is 1.85. The fraction of sp³-hybridized carbons (Fsp3) is 0.385. The first-order valence-electron chi connectivity index (χ1n) is 6.35. The molecule has 2 aromatic heterocycles. The molecule has 0 aliphatic carbocycles. The summed E-state index contributed by atoms with van der Waals surface area (Å²) in [6.45, 7) is 5.78. The van der Waals surface area contributed by atoms with Crippen molar-refractivity contribution in [2.45, 2.75) is 27.3 Å². The van der Waals surface area contributed by atoms with E-state index in [2.05, 4.69) is 15.3 Å². The summed E-state index contributed by atoms with van der Waals surface area (Å²) in [7, 11) is 0. The summed E-state index contributed by atoms with van der Waals surface area (Å²) in [5, 5.41) is 4.30. The van der Waals surface area contributed by atoms with Crippen LogP contribution in [0.15, 0.2) is 9.80 Å². The van der Waals surface area contributed by atoms with Crippen molar-refractivity contribution in [2.24, 2.45) is 0 Å². The van der Waals surface area contributed by atoms with E-state index in [1.165, 1.54) is 5.38 Å². The van der Waals surface area contributed by atoms with Crippen LogP contribution in [0, 0.1) is 13.8 Å². The van der Waals surface area contributed by atoms with Crippen molar-refractivity contribution < 1.29 is 18.7 Å². The zero-order valence-electron chi connectivity index (χ0n) is 11.9. The Morgan fingerprint density at radius 3 is 2.76 bits per heavy atom. The van der Waals surface area contributed by atoms with E-state index in [1.54, 1.807) is 13.8 Å². The van der Waals surface area contributed by atoms with Gasteiger partial charge in [-0.25, -0.2) is 14.8 Å². The summed E-state index contributed by atoms with van der Waals surface area (Å²) < 4.78 is 10.2. The van der Waals surface area contributed by atoms with Crippen molar-refractivity contribution in [1.29, 1.82) is 0 Å². The Kier molecular flexibility index (Phi) is 4.69. The second-order valence-electron chi connectivity index (χ2n) is 4.19. The first-order chi connectivity index (χ1) is 10.0. The molecule has 112 valence electrons. The van der Waals surface area contributed by atoms with Gasteiger partial charge in [-0.15, -0.1) is 11.3 Å². The molecule has 1 N–H and O–H groups in total. The number of amides is 1. The standard InChI is InChI=1S/C13H15N3O4S/c1-4-19-13(18)12-16-9(6-21-12)11(17)14-5-10-15-7(2)8(3)20-10/h6H,4-5H2,1-3H3,(H,14,17). The molecule has 1 amide bonds. The summed E-state index contributed by atoms with van der Waals surface area (Å²) in [6, 6.07) is 0. The van der Waals surface area contributed by atoms with E-state index in [9.17, 15) is 9.59 Å². The lowest BCUT2D eigenvalue weighted by Gasteiger charge is -1.99. The van der Waals surface area contributed by atoms with Crippen molar-refractivity contribution in [3.05, 3.63) is 33.4 Å². The Morgan fingerprint density at radius 1 is 1.38 bits per heavy atom. The number of hydrogen-bond donors (Lipinski definition) is 1. The predicted molar refractivity (Wildman–Crippen MR) is 75.2 cm³/mol. The number of nitrogens with one attached hydrogen (secondary N) is 1. The highest BCUT2D eigenvalue weighted by Gasteiger charge is 2.16. The summed E-state index contributed by atoms with van der Waals surface area (Å²) >= 11 is 1.07. The van der Waals surface area contributed by atoms with Gasteiger partial charge in [-0.1, -0.05) is 0 Å². The SMILES string of the molecule is CCOC(=O)c1nc(C(=O)NCc2nc(C)c(C)o2)cs1. The molecule has 0 spiro atoms. The minimum atomic E-state index is -0.527. The van der Waals surface area contributed by atoms with Gasteiger partial charge in [0, 0.05) is 5.38 Å². The molecule has 2 rings (SSSR count). The van der Waals surface area contributed by atoms with Crippen LogP contribution in [0.25, 0.3) is 0 Å². The second-order valence-corrected chi connectivity index (χ2v) is 5.05. The second kappa shape index (κ2) is 6.49. The molecule has 0 aromatic carbocycles. The van der Waals surface area contributed by atoms with Crippen molar-refractivity contribution in [1.82, 2.24) is 15.3 Å². The van der Waals surface area contributed by atoms with Crippen molar-refractivity contribution in [3.63, 3.8) is 0 Å². The molecular formula is C13H15N3O4S. The van der Waals surface area contributed by atoms with Gasteiger partial charge in [0.15, 0.2) is 0 Å². The molecule has 0 atom stereocenters. The molecule has 0 fully saturated rings. The van der Waals surface area contributed by atoms with Gasteiger partial charge >= 0.3 is 5.97 Å². The van der Waals surface area contributed by atoms with Crippen LogP contribution in [0.4, 0.5) is 0 Å². The summed E-state index contributed by atoms with van der Waals surface area (Å²) in [6.07, 6.45) is 0. The Bertz CT molecular complexity index is 643. The van der Waals surface area contributed by atoms with Gasteiger partial charge in [-0.2, -0.15) is 0 Å². The zero-order valence-corrected chi connectivity index (χ0v) is 12.7. The third kappa shape index (κ3) is 3.66. The van der Waals surface area contributed by atoms with Gasteiger partial charge in [0.25, 0.3) is 5.91 Å². The summed E-state index contributed by atoms with van der Waals surface area (Å²) in [5.74, 6) is 0.229. The van der Waals surface area contributed by atoms with Crippen LogP contribution < -0.4 is 5.32 Å². The first kappa shape index (κ1) is 15.2. The number of thiazole rings is 1. The molecule has 0 saturated heterocycles. The highest BCUT2D eigenvalue weighted by Crippen LogP contribution is 2.12. The monoisotopic (exact) mass is 309 g/mol. The maximum atomic E-state index is 11.9. The van der Waals surface area contributed by atoms with E-state index in [4.69, 9.17) is 9.15 Å². The highest BCUT2D eigenvalue weighted by atomic mass is 32.1. The van der Waals surface area contributed by atoms with Gasteiger partial charge in [0.2, 0.25) is 10.9 Å². The van der Waals surface area contributed by atoms with Crippen LogP contribution in [0.5, 0.6) is 0 Å². The van der Waals surface area contributed by atoms with Crippen LogP contribution >= 0.6 is 11.3 Å². The highest BCUT2D eigenvalue weighted by molar-refractivity contribution is 7.11. The maximum Gasteiger partial charge on any atom is 0.367 e. The largest absolute Gasteiger partial charge is 0.461 e. The maximum absolute atomic E-state index is 11.9. The number of rotatable bonds is 5. The molecule has 7 nitrogen and oxygen atoms in total. The molecule has 0 radical (unpaired) electrons. The topological polar surface area (TPSA) is 94.3 Å². The van der Waals surface area contributed by atoms with Gasteiger partial charge < -0.3 is 14.5 Å². The molecule has 0 aliphatic rings. The summed E-state index contributed by atoms with van der Waals surface area (Å²) in [5.41, 5.74) is 0.959. The van der Waals surface area contributed by atoms with E-state index < -0.39 is 11.9 Å². The van der Waals surface area contributed by atoms with Crippen LogP contribution in [0.3, 0.4) is 0 Å². The van der Waals surface area contributed by atoms with E-state index >= 15 is 0 Å². The minimum Gasteiger partial charge on any atom is -0.461 e. The summed E-state index contributed by atoms with van der Waals surface area (Å²) in [4.78, 5) is 31.5. The number of ether oxygens (including phenoxy) is 1. The molecule has 0 saturated carbocycles. The average Bonchev–Trinajstić information content (AvgIpc) is 3.04. The smallest absolute Gasteiger partial charge is 0.367 e. The Labute approximate surface area is 125 Å². The zero-order chi connectivity index (χ0) is 15.4. The number of esters is 1. The van der Waals surface area contributed by atoms with Crippen LogP contribution in [-0.2, 0) is 11.3 Å². The fourth-order valence-corrected chi connectivity index (χ4v) is 2.22. The lowest BCUT2D eigenvalue weighted by atomic mass is 10.4. The lowest BCUT2D eigenvalue weighted by molar-refractivity contribution is 0.0526. The number of carbonyl (C=O) groups is 2. The quantitative estimate of drug-likeness (QED) is 0.847. The third-order valence-electron chi connectivity index (χ3n) is 2.66. The van der Waals surface area contributed by atoms with Crippen LogP contribution in [-0.4, -0.2) is 28.5 Å². The number of nitrogens with zero attached hydrogens (tertiary/aromatic N) is 2. The van der Waals surface area contributed by atoms with Crippen molar-refractivity contribution in [2.75, 3.05) is 6.61 Å². The van der Waals surface area contributed by atoms with Gasteiger partial charge in [-0.3, -0.25) is 4.79 Å². The number of hydrogen-bond acceptors (Lipinski definition) is 7. The van der Waals surface area contributed by atoms with Crippen LogP contribution in [0.2, 0.25) is 0 Å². The average molecular weight is 309 g/mol. The van der Waals surface area contributed by atoms with E-state index in [1.807, 2.05) is 6.92 Å². The van der Waals surface area contributed by atoms with Gasteiger partial charge in [-0.05, 0) is 20.8 Å². The van der Waals surface area contributed by atoms with E-state index in [0.29, 0.717) is 5.89 Å². The minimum absolute atomic E-state index is 0.157. The fourth-order valence-electron chi connectivity index (χ4n) is 1.53. The molecule has 2 heterocycles. The molecule has 21 heavy (non-hydrogen) atoms. The Hall–Kier alpha value is -2.22. The first-order valence-corrected chi connectivity index (χ1v) is 7.23. The molecule has 0 unspecified atom stereocenters. The Morgan fingerprint density at radius 2 is 2.14 bits per heavy atom. The number of carbonyl (C=O) groups excluding carboxylic acids is 2. The lowest BCUT2D eigenvalue weighted by Crippen LogP contribution is -2.23. The number of aromatic nitrogens is 2. The van der Waals surface area contributed by atoms with Crippen molar-refractivity contribution >= 4 is 23.2 Å². The van der Waals surface area contributed by atoms with Gasteiger partial charge in [0.1, 0.15) is 11.5 Å². The van der Waals surface area contributed by atoms with E-state index in [0.717, 1.165) is 22.8 Å². The van der Waals surface area contributed by atoms with Crippen molar-refractivity contribution in [3.8, 4) is 0 Å². The molecule has 2 aromatic rings. The number of aryl methyl sites for hydroxylation is 2. The molecule has 0 aliphatic heterocycles. The third-order valence-corrected chi connectivity index (χ3v) is 3.48. The van der Waals surface area contributed by atoms with Gasteiger partial charge in [0.05, 0.1) is 18.8 Å². The Balaban J connectivity index is 1.96.